The highest BCUT2D eigenvalue weighted by Gasteiger charge is 2.40. The van der Waals surface area contributed by atoms with Crippen LogP contribution in [0.25, 0.3) is 0 Å². The highest BCUT2D eigenvalue weighted by atomic mass is 32.2. The number of piperidine rings is 2. The number of hydrogen-bond donors (Lipinski definition) is 0. The van der Waals surface area contributed by atoms with E-state index in [2.05, 4.69) is 22.9 Å². The molecular weight excluding hydrogens is 462 g/mol. The van der Waals surface area contributed by atoms with Crippen molar-refractivity contribution in [2.24, 2.45) is 5.41 Å². The van der Waals surface area contributed by atoms with E-state index in [0.717, 1.165) is 70.4 Å². The molecule has 4 heterocycles. The van der Waals surface area contributed by atoms with Crippen molar-refractivity contribution in [3.05, 3.63) is 58.3 Å². The molecule has 2 fully saturated rings. The number of hydrogen-bond acceptors (Lipinski definition) is 6. The maximum Gasteiger partial charge on any atom is 0.338 e. The molecular formula is C27H33N3O4S. The Hall–Kier alpha value is -2.42. The molecule has 8 heteroatoms. The van der Waals surface area contributed by atoms with E-state index in [4.69, 9.17) is 4.74 Å². The zero-order valence-electron chi connectivity index (χ0n) is 20.5. The van der Waals surface area contributed by atoms with Gasteiger partial charge in [0.25, 0.3) is 5.91 Å². The molecule has 0 saturated carbocycles. The van der Waals surface area contributed by atoms with Crippen molar-refractivity contribution in [3.63, 3.8) is 0 Å². The van der Waals surface area contributed by atoms with Gasteiger partial charge in [0.15, 0.2) is 0 Å². The van der Waals surface area contributed by atoms with Crippen molar-refractivity contribution in [3.8, 4) is 0 Å². The number of amides is 1. The largest absolute Gasteiger partial charge is 0.610 e. The standard InChI is InChI=1S/C27H33N3O4S/c1-19-20(5-7-22-23(19)16-34-26(22)32)9-14-29-12-3-10-27(17-29)11-4-13-30(18-27)25(31)21-6-8-24(28-15-21)35(2)33/h5-8,15H,3-4,9-14,16-18H2,1-2H3. The monoisotopic (exact) mass is 495 g/mol. The normalized spacial score (nSPS) is 23.3. The summed E-state index contributed by atoms with van der Waals surface area (Å²) in [5.74, 6) is -0.191. The smallest absolute Gasteiger partial charge is 0.338 e. The number of carbonyl (C=O) groups is 2. The second-order valence-corrected chi connectivity index (χ2v) is 11.6. The maximum atomic E-state index is 13.2. The number of ether oxygens (including phenoxy) is 1. The zero-order valence-corrected chi connectivity index (χ0v) is 21.4. The molecule has 1 aromatic heterocycles. The molecule has 0 radical (unpaired) electrons. The molecule has 186 valence electrons. The number of pyridine rings is 1. The van der Waals surface area contributed by atoms with E-state index in [1.807, 2.05) is 11.0 Å². The number of likely N-dealkylation sites (tertiary alicyclic amines) is 2. The number of aromatic nitrogens is 1. The summed E-state index contributed by atoms with van der Waals surface area (Å²) in [5, 5.41) is 0.498. The first-order chi connectivity index (χ1) is 16.8. The van der Waals surface area contributed by atoms with Gasteiger partial charge < -0.3 is 19.1 Å². The molecule has 3 aliphatic heterocycles. The fraction of sp³-hybridized carbons (Fsp3) is 0.519. The number of cyclic esters (lactones) is 1. The number of rotatable bonds is 5. The summed E-state index contributed by atoms with van der Waals surface area (Å²) in [4.78, 5) is 33.8. The zero-order chi connectivity index (χ0) is 24.6. The lowest BCUT2D eigenvalue weighted by Crippen LogP contribution is -2.53. The van der Waals surface area contributed by atoms with Crippen LogP contribution < -0.4 is 0 Å². The van der Waals surface area contributed by atoms with E-state index in [1.54, 1.807) is 24.6 Å². The Kier molecular flexibility index (Phi) is 6.88. The quantitative estimate of drug-likeness (QED) is 0.467. The average Bonchev–Trinajstić information content (AvgIpc) is 3.24. The summed E-state index contributed by atoms with van der Waals surface area (Å²) in [6.45, 7) is 7.11. The summed E-state index contributed by atoms with van der Waals surface area (Å²) in [6, 6.07) is 7.43. The Morgan fingerprint density at radius 3 is 2.71 bits per heavy atom. The maximum absolute atomic E-state index is 13.2. The third-order valence-electron chi connectivity index (χ3n) is 7.94. The van der Waals surface area contributed by atoms with E-state index in [0.29, 0.717) is 22.8 Å². The van der Waals surface area contributed by atoms with Gasteiger partial charge in [0, 0.05) is 60.6 Å². The molecule has 3 aliphatic rings. The molecule has 1 amide bonds. The Bertz CT molecular complexity index is 1120. The van der Waals surface area contributed by atoms with E-state index >= 15 is 0 Å². The second kappa shape index (κ2) is 9.91. The number of carbonyl (C=O) groups excluding carboxylic acids is 2. The first-order valence-corrected chi connectivity index (χ1v) is 14.0. The van der Waals surface area contributed by atoms with Gasteiger partial charge in [-0.05, 0) is 68.8 Å². The SMILES string of the molecule is Cc1c(CCN2CCCC3(CCCN(C(=O)c4ccc([S+](C)[O-])nc4)C3)C2)ccc2c1COC2=O. The molecule has 5 rings (SSSR count). The lowest BCUT2D eigenvalue weighted by molar-refractivity contribution is 0.0140. The van der Waals surface area contributed by atoms with Crippen LogP contribution in [-0.2, 0) is 28.9 Å². The molecule has 0 aliphatic carbocycles. The Morgan fingerprint density at radius 2 is 1.97 bits per heavy atom. The van der Waals surface area contributed by atoms with Gasteiger partial charge in [0.2, 0.25) is 5.03 Å². The topological polar surface area (TPSA) is 85.8 Å². The summed E-state index contributed by atoms with van der Waals surface area (Å²) in [7, 11) is 0. The van der Waals surface area contributed by atoms with Gasteiger partial charge in [0.05, 0.1) is 11.1 Å². The number of nitrogens with zero attached hydrogens (tertiary/aromatic N) is 3. The molecule has 2 saturated heterocycles. The lowest BCUT2D eigenvalue weighted by atomic mass is 9.73. The van der Waals surface area contributed by atoms with Crippen LogP contribution in [0.5, 0.6) is 0 Å². The first kappa shape index (κ1) is 24.3. The van der Waals surface area contributed by atoms with Crippen LogP contribution in [0.3, 0.4) is 0 Å². The van der Waals surface area contributed by atoms with Crippen molar-refractivity contribution < 1.29 is 18.9 Å². The van der Waals surface area contributed by atoms with Crippen LogP contribution >= 0.6 is 0 Å². The summed E-state index contributed by atoms with van der Waals surface area (Å²) in [5.41, 5.74) is 4.92. The minimum Gasteiger partial charge on any atom is -0.610 e. The Balaban J connectivity index is 1.22. The summed E-state index contributed by atoms with van der Waals surface area (Å²) < 4.78 is 16.8. The predicted molar refractivity (Wildman–Crippen MR) is 134 cm³/mol. The summed E-state index contributed by atoms with van der Waals surface area (Å²) >= 11 is -1.15. The van der Waals surface area contributed by atoms with Gasteiger partial charge in [-0.1, -0.05) is 6.07 Å². The van der Waals surface area contributed by atoms with Crippen LogP contribution in [0.15, 0.2) is 35.5 Å². The Morgan fingerprint density at radius 1 is 1.17 bits per heavy atom. The third kappa shape index (κ3) is 4.97. The van der Waals surface area contributed by atoms with Gasteiger partial charge in [-0.3, -0.25) is 4.79 Å². The average molecular weight is 496 g/mol. The molecule has 1 aromatic carbocycles. The highest BCUT2D eigenvalue weighted by molar-refractivity contribution is 7.90. The van der Waals surface area contributed by atoms with E-state index < -0.39 is 11.2 Å². The fourth-order valence-corrected chi connectivity index (χ4v) is 6.48. The van der Waals surface area contributed by atoms with Crippen molar-refractivity contribution in [1.82, 2.24) is 14.8 Å². The summed E-state index contributed by atoms with van der Waals surface area (Å²) in [6.07, 6.45) is 8.56. The second-order valence-electron chi connectivity index (χ2n) is 10.3. The van der Waals surface area contributed by atoms with Gasteiger partial charge in [0.1, 0.15) is 12.9 Å². The molecule has 35 heavy (non-hydrogen) atoms. The molecule has 7 nitrogen and oxygen atoms in total. The van der Waals surface area contributed by atoms with E-state index in [9.17, 15) is 14.1 Å². The molecule has 2 atom stereocenters. The van der Waals surface area contributed by atoms with Crippen LogP contribution in [-0.4, -0.2) is 70.2 Å². The molecule has 0 bridgehead atoms. The molecule has 2 unspecified atom stereocenters. The molecule has 2 aromatic rings. The van der Waals surface area contributed by atoms with Crippen LogP contribution in [0, 0.1) is 12.3 Å². The van der Waals surface area contributed by atoms with E-state index in [-0.39, 0.29) is 17.3 Å². The van der Waals surface area contributed by atoms with Crippen molar-refractivity contribution >= 4 is 23.1 Å². The number of benzene rings is 1. The minimum atomic E-state index is -1.15. The number of fused-ring (bicyclic) bond motifs is 1. The van der Waals surface area contributed by atoms with Gasteiger partial charge in [-0.15, -0.1) is 0 Å². The van der Waals surface area contributed by atoms with Gasteiger partial charge >= 0.3 is 5.97 Å². The minimum absolute atomic E-state index is 0.0210. The van der Waals surface area contributed by atoms with Gasteiger partial charge in [-0.2, -0.15) is 0 Å². The third-order valence-corrected chi connectivity index (χ3v) is 8.77. The fourth-order valence-electron chi connectivity index (χ4n) is 6.02. The van der Waals surface area contributed by atoms with Gasteiger partial charge in [-0.25, -0.2) is 9.78 Å². The predicted octanol–water partition coefficient (Wildman–Crippen LogP) is 3.36. The van der Waals surface area contributed by atoms with Crippen molar-refractivity contribution in [2.45, 2.75) is 50.7 Å². The molecule has 0 N–H and O–H groups in total. The first-order valence-electron chi connectivity index (χ1n) is 12.4. The molecule has 1 spiro atoms. The van der Waals surface area contributed by atoms with Crippen LogP contribution in [0.1, 0.15) is 63.1 Å². The van der Waals surface area contributed by atoms with Crippen molar-refractivity contribution in [2.75, 3.05) is 39.0 Å². The van der Waals surface area contributed by atoms with E-state index in [1.165, 1.54) is 11.1 Å². The van der Waals surface area contributed by atoms with Crippen molar-refractivity contribution in [1.29, 1.82) is 0 Å². The Labute approximate surface area is 210 Å². The lowest BCUT2D eigenvalue weighted by Gasteiger charge is -2.48. The van der Waals surface area contributed by atoms with Crippen LogP contribution in [0.2, 0.25) is 0 Å². The number of esters is 1. The highest BCUT2D eigenvalue weighted by Crippen LogP contribution is 2.39. The van der Waals surface area contributed by atoms with Crippen LogP contribution in [0.4, 0.5) is 0 Å².